The van der Waals surface area contributed by atoms with Crippen LogP contribution in [-0.4, -0.2) is 9.97 Å². The van der Waals surface area contributed by atoms with E-state index in [1.807, 2.05) is 6.92 Å². The standard InChI is InChI=1S/C11H19N3O/c1-4-8-10(12)13-9(14-11(8)15)6-5-7(2)3/h7H,4-6H2,1-3H3,(H3,12,13,14,15). The van der Waals surface area contributed by atoms with Gasteiger partial charge in [0.15, 0.2) is 0 Å². The molecule has 0 saturated heterocycles. The lowest BCUT2D eigenvalue weighted by Crippen LogP contribution is -2.19. The van der Waals surface area contributed by atoms with Crippen molar-refractivity contribution < 1.29 is 0 Å². The molecule has 0 saturated carbocycles. The summed E-state index contributed by atoms with van der Waals surface area (Å²) in [5.41, 5.74) is 6.20. The molecule has 0 atom stereocenters. The third kappa shape index (κ3) is 3.08. The molecule has 0 spiro atoms. The molecule has 0 radical (unpaired) electrons. The van der Waals surface area contributed by atoms with Gasteiger partial charge in [0.1, 0.15) is 11.6 Å². The third-order valence-corrected chi connectivity index (χ3v) is 2.41. The predicted molar refractivity (Wildman–Crippen MR) is 61.8 cm³/mol. The van der Waals surface area contributed by atoms with E-state index in [2.05, 4.69) is 23.8 Å². The summed E-state index contributed by atoms with van der Waals surface area (Å²) < 4.78 is 0. The fourth-order valence-corrected chi connectivity index (χ4v) is 1.45. The number of hydrogen-bond acceptors (Lipinski definition) is 3. The fraction of sp³-hybridized carbons (Fsp3) is 0.636. The Bertz CT molecular complexity index is 382. The van der Waals surface area contributed by atoms with E-state index in [1.54, 1.807) is 0 Å². The highest BCUT2D eigenvalue weighted by molar-refractivity contribution is 5.37. The van der Waals surface area contributed by atoms with Crippen LogP contribution in [0.2, 0.25) is 0 Å². The van der Waals surface area contributed by atoms with Crippen molar-refractivity contribution in [2.45, 2.75) is 40.0 Å². The van der Waals surface area contributed by atoms with E-state index < -0.39 is 0 Å². The Morgan fingerprint density at radius 1 is 1.47 bits per heavy atom. The number of hydrogen-bond donors (Lipinski definition) is 2. The Morgan fingerprint density at radius 3 is 2.60 bits per heavy atom. The van der Waals surface area contributed by atoms with Crippen LogP contribution < -0.4 is 11.3 Å². The van der Waals surface area contributed by atoms with Gasteiger partial charge >= 0.3 is 0 Å². The van der Waals surface area contributed by atoms with E-state index in [0.29, 0.717) is 29.5 Å². The smallest absolute Gasteiger partial charge is 0.256 e. The van der Waals surface area contributed by atoms with Crippen molar-refractivity contribution in [3.05, 3.63) is 21.7 Å². The van der Waals surface area contributed by atoms with Gasteiger partial charge in [0.25, 0.3) is 5.56 Å². The largest absolute Gasteiger partial charge is 0.383 e. The molecule has 84 valence electrons. The zero-order valence-corrected chi connectivity index (χ0v) is 9.63. The van der Waals surface area contributed by atoms with Crippen LogP contribution in [-0.2, 0) is 12.8 Å². The molecule has 0 fully saturated rings. The number of nitrogens with one attached hydrogen (secondary N) is 1. The van der Waals surface area contributed by atoms with E-state index >= 15 is 0 Å². The lowest BCUT2D eigenvalue weighted by molar-refractivity contribution is 0.573. The van der Waals surface area contributed by atoms with Crippen LogP contribution in [0, 0.1) is 5.92 Å². The lowest BCUT2D eigenvalue weighted by atomic mass is 10.1. The van der Waals surface area contributed by atoms with Gasteiger partial charge in [0, 0.05) is 6.42 Å². The lowest BCUT2D eigenvalue weighted by Gasteiger charge is -2.06. The molecule has 1 aromatic rings. The van der Waals surface area contributed by atoms with Crippen LogP contribution in [0.5, 0.6) is 0 Å². The topological polar surface area (TPSA) is 71.8 Å². The van der Waals surface area contributed by atoms with E-state index in [9.17, 15) is 4.79 Å². The molecule has 1 aromatic heterocycles. The molecule has 4 nitrogen and oxygen atoms in total. The number of aryl methyl sites for hydroxylation is 1. The van der Waals surface area contributed by atoms with Crippen molar-refractivity contribution in [1.82, 2.24) is 9.97 Å². The SMILES string of the molecule is CCc1c(N)nc(CCC(C)C)[nH]c1=O. The molecule has 4 heteroatoms. The van der Waals surface area contributed by atoms with Gasteiger partial charge in [-0.25, -0.2) is 4.98 Å². The maximum absolute atomic E-state index is 11.6. The Balaban J connectivity index is 2.89. The molecular formula is C11H19N3O. The maximum Gasteiger partial charge on any atom is 0.256 e. The molecule has 0 bridgehead atoms. The quantitative estimate of drug-likeness (QED) is 0.789. The molecule has 0 aliphatic heterocycles. The van der Waals surface area contributed by atoms with E-state index in [4.69, 9.17) is 5.73 Å². The normalized spacial score (nSPS) is 10.9. The number of H-pyrrole nitrogens is 1. The van der Waals surface area contributed by atoms with E-state index in [0.717, 1.165) is 12.8 Å². The van der Waals surface area contributed by atoms with Crippen molar-refractivity contribution in [2.75, 3.05) is 5.73 Å². The van der Waals surface area contributed by atoms with Gasteiger partial charge < -0.3 is 10.7 Å². The van der Waals surface area contributed by atoms with Crippen LogP contribution in [0.1, 0.15) is 38.6 Å². The zero-order chi connectivity index (χ0) is 11.4. The molecular weight excluding hydrogens is 190 g/mol. The number of nitrogen functional groups attached to an aromatic ring is 1. The second-order valence-electron chi connectivity index (χ2n) is 4.16. The molecule has 0 aliphatic rings. The van der Waals surface area contributed by atoms with Crippen LogP contribution in [0.15, 0.2) is 4.79 Å². The number of rotatable bonds is 4. The summed E-state index contributed by atoms with van der Waals surface area (Å²) in [5, 5.41) is 0. The minimum atomic E-state index is -0.0937. The van der Waals surface area contributed by atoms with Crippen molar-refractivity contribution in [3.63, 3.8) is 0 Å². The van der Waals surface area contributed by atoms with Crippen molar-refractivity contribution >= 4 is 5.82 Å². The minimum Gasteiger partial charge on any atom is -0.383 e. The predicted octanol–water partition coefficient (Wildman–Crippen LogP) is 1.50. The average molecular weight is 209 g/mol. The van der Waals surface area contributed by atoms with Gasteiger partial charge in [-0.05, 0) is 18.8 Å². The number of aromatic amines is 1. The summed E-state index contributed by atoms with van der Waals surface area (Å²) in [4.78, 5) is 18.5. The van der Waals surface area contributed by atoms with Gasteiger partial charge in [-0.3, -0.25) is 4.79 Å². The summed E-state index contributed by atoms with van der Waals surface area (Å²) in [5.74, 6) is 1.67. The van der Waals surface area contributed by atoms with Crippen molar-refractivity contribution in [1.29, 1.82) is 0 Å². The number of nitrogens with two attached hydrogens (primary N) is 1. The van der Waals surface area contributed by atoms with Crippen molar-refractivity contribution in [3.8, 4) is 0 Å². The van der Waals surface area contributed by atoms with Crippen molar-refractivity contribution in [2.24, 2.45) is 5.92 Å². The van der Waals surface area contributed by atoms with E-state index in [1.165, 1.54) is 0 Å². The Morgan fingerprint density at radius 2 is 2.13 bits per heavy atom. The minimum absolute atomic E-state index is 0.0937. The molecule has 3 N–H and O–H groups in total. The van der Waals surface area contributed by atoms with E-state index in [-0.39, 0.29) is 5.56 Å². The summed E-state index contributed by atoms with van der Waals surface area (Å²) in [6.45, 7) is 6.18. The first-order valence-electron chi connectivity index (χ1n) is 5.42. The first-order valence-corrected chi connectivity index (χ1v) is 5.42. The Kier molecular flexibility index (Phi) is 3.88. The van der Waals surface area contributed by atoms with Gasteiger partial charge in [-0.15, -0.1) is 0 Å². The second kappa shape index (κ2) is 4.96. The summed E-state index contributed by atoms with van der Waals surface area (Å²) in [6, 6.07) is 0. The Hall–Kier alpha value is -1.32. The van der Waals surface area contributed by atoms with Gasteiger partial charge in [-0.2, -0.15) is 0 Å². The average Bonchev–Trinajstić information content (AvgIpc) is 2.14. The third-order valence-electron chi connectivity index (χ3n) is 2.41. The number of aromatic nitrogens is 2. The summed E-state index contributed by atoms with van der Waals surface area (Å²) >= 11 is 0. The Labute approximate surface area is 89.9 Å². The first kappa shape index (κ1) is 11.8. The van der Waals surface area contributed by atoms with Crippen LogP contribution in [0.4, 0.5) is 5.82 Å². The highest BCUT2D eigenvalue weighted by Gasteiger charge is 2.07. The highest BCUT2D eigenvalue weighted by atomic mass is 16.1. The first-order chi connectivity index (χ1) is 7.04. The molecule has 1 heterocycles. The number of nitrogens with zero attached hydrogens (tertiary/aromatic N) is 1. The number of anilines is 1. The van der Waals surface area contributed by atoms with Crippen LogP contribution >= 0.6 is 0 Å². The molecule has 0 aliphatic carbocycles. The summed E-state index contributed by atoms with van der Waals surface area (Å²) in [7, 11) is 0. The second-order valence-corrected chi connectivity index (χ2v) is 4.16. The van der Waals surface area contributed by atoms with Gasteiger partial charge in [0.2, 0.25) is 0 Å². The van der Waals surface area contributed by atoms with Crippen LogP contribution in [0.25, 0.3) is 0 Å². The molecule has 1 rings (SSSR count). The fourth-order valence-electron chi connectivity index (χ4n) is 1.45. The zero-order valence-electron chi connectivity index (χ0n) is 9.63. The van der Waals surface area contributed by atoms with Gasteiger partial charge in [-0.1, -0.05) is 20.8 Å². The monoisotopic (exact) mass is 209 g/mol. The summed E-state index contributed by atoms with van der Waals surface area (Å²) in [6.07, 6.45) is 2.41. The molecule has 0 amide bonds. The van der Waals surface area contributed by atoms with Gasteiger partial charge in [0.05, 0.1) is 5.56 Å². The highest BCUT2D eigenvalue weighted by Crippen LogP contribution is 2.07. The molecule has 15 heavy (non-hydrogen) atoms. The molecule has 0 aromatic carbocycles. The van der Waals surface area contributed by atoms with Crippen LogP contribution in [0.3, 0.4) is 0 Å². The molecule has 0 unspecified atom stereocenters. The maximum atomic E-state index is 11.6.